The number of nitrogens with one attached hydrogen (secondary N) is 1. The molecule has 1 aromatic carbocycles. The summed E-state index contributed by atoms with van der Waals surface area (Å²) < 4.78 is 5.21. The molecule has 1 aliphatic rings. The van der Waals surface area contributed by atoms with Crippen molar-refractivity contribution < 1.29 is 4.74 Å². The molecule has 1 saturated heterocycles. The smallest absolute Gasteiger partial charge is 0.132 e. The Bertz CT molecular complexity index is 619. The van der Waals surface area contributed by atoms with Gasteiger partial charge >= 0.3 is 0 Å². The number of aryl methyl sites for hydroxylation is 1. The zero-order valence-electron chi connectivity index (χ0n) is 13.2. The first-order valence-electron chi connectivity index (χ1n) is 7.72. The van der Waals surface area contributed by atoms with Crippen LogP contribution in [0.4, 0.5) is 5.82 Å². The Morgan fingerprint density at radius 1 is 1.09 bits per heavy atom. The molecule has 5 nitrogen and oxygen atoms in total. The summed E-state index contributed by atoms with van der Waals surface area (Å²) in [6, 6.07) is 10.1. The molecule has 1 aromatic heterocycles. The summed E-state index contributed by atoms with van der Waals surface area (Å²) in [6.45, 7) is 6.05. The molecule has 1 aliphatic heterocycles. The summed E-state index contributed by atoms with van der Waals surface area (Å²) >= 11 is 0. The Balaban J connectivity index is 1.91. The Morgan fingerprint density at radius 3 is 2.68 bits per heavy atom. The lowest BCUT2D eigenvalue weighted by Crippen LogP contribution is -2.28. The van der Waals surface area contributed by atoms with E-state index in [0.29, 0.717) is 0 Å². The van der Waals surface area contributed by atoms with Crippen LogP contribution in [-0.2, 0) is 0 Å². The second-order valence-corrected chi connectivity index (χ2v) is 5.48. The van der Waals surface area contributed by atoms with Crippen LogP contribution in [0.5, 0.6) is 5.75 Å². The van der Waals surface area contributed by atoms with Gasteiger partial charge in [0.25, 0.3) is 0 Å². The maximum absolute atomic E-state index is 5.21. The number of aromatic nitrogens is 2. The third-order valence-electron chi connectivity index (χ3n) is 3.87. The van der Waals surface area contributed by atoms with Crippen LogP contribution in [0.3, 0.4) is 0 Å². The summed E-state index contributed by atoms with van der Waals surface area (Å²) in [6.07, 6.45) is 1.14. The first kappa shape index (κ1) is 14.8. The maximum atomic E-state index is 5.21. The molecule has 0 unspecified atom stereocenters. The lowest BCUT2D eigenvalue weighted by molar-refractivity contribution is 0.415. The van der Waals surface area contributed by atoms with E-state index in [9.17, 15) is 0 Å². The van der Waals surface area contributed by atoms with Gasteiger partial charge < -0.3 is 15.0 Å². The molecule has 0 radical (unpaired) electrons. The number of benzene rings is 1. The number of anilines is 1. The van der Waals surface area contributed by atoms with Crippen LogP contribution in [0, 0.1) is 6.92 Å². The summed E-state index contributed by atoms with van der Waals surface area (Å²) in [5, 5.41) is 3.42. The molecule has 2 aromatic rings. The van der Waals surface area contributed by atoms with Crippen molar-refractivity contribution in [3.63, 3.8) is 0 Å². The monoisotopic (exact) mass is 298 g/mol. The molecule has 2 heterocycles. The quantitative estimate of drug-likeness (QED) is 0.942. The molecule has 0 aliphatic carbocycles. The molecule has 5 heteroatoms. The van der Waals surface area contributed by atoms with Crippen LogP contribution in [0.15, 0.2) is 30.3 Å². The van der Waals surface area contributed by atoms with Crippen LogP contribution in [0.1, 0.15) is 12.2 Å². The minimum Gasteiger partial charge on any atom is -0.497 e. The van der Waals surface area contributed by atoms with E-state index in [1.165, 1.54) is 0 Å². The third kappa shape index (κ3) is 3.36. The van der Waals surface area contributed by atoms with E-state index < -0.39 is 0 Å². The second kappa shape index (κ2) is 6.75. The molecule has 22 heavy (non-hydrogen) atoms. The van der Waals surface area contributed by atoms with E-state index in [-0.39, 0.29) is 0 Å². The van der Waals surface area contributed by atoms with E-state index >= 15 is 0 Å². The third-order valence-corrected chi connectivity index (χ3v) is 3.87. The normalized spacial score (nSPS) is 15.5. The van der Waals surface area contributed by atoms with E-state index in [1.807, 2.05) is 31.2 Å². The van der Waals surface area contributed by atoms with Gasteiger partial charge in [0.15, 0.2) is 0 Å². The average Bonchev–Trinajstić information content (AvgIpc) is 2.84. The van der Waals surface area contributed by atoms with Gasteiger partial charge in [0.05, 0.1) is 12.8 Å². The highest BCUT2D eigenvalue weighted by atomic mass is 16.5. The summed E-state index contributed by atoms with van der Waals surface area (Å²) in [5.74, 6) is 2.68. The molecule has 3 rings (SSSR count). The van der Waals surface area contributed by atoms with Crippen molar-refractivity contribution >= 4 is 5.82 Å². The van der Waals surface area contributed by atoms with Crippen molar-refractivity contribution in [2.75, 3.05) is 38.2 Å². The predicted octanol–water partition coefficient (Wildman–Crippen LogP) is 2.26. The Hall–Kier alpha value is -2.14. The number of ether oxygens (including phenoxy) is 1. The fraction of sp³-hybridized carbons (Fsp3) is 0.412. The molecule has 0 saturated carbocycles. The highest BCUT2D eigenvalue weighted by Crippen LogP contribution is 2.24. The van der Waals surface area contributed by atoms with Gasteiger partial charge in [0.1, 0.15) is 17.4 Å². The highest BCUT2D eigenvalue weighted by Gasteiger charge is 2.13. The Labute approximate surface area is 131 Å². The van der Waals surface area contributed by atoms with Gasteiger partial charge in [-0.3, -0.25) is 0 Å². The van der Waals surface area contributed by atoms with Crippen LogP contribution in [0.2, 0.25) is 0 Å². The average molecular weight is 298 g/mol. The van der Waals surface area contributed by atoms with Crippen LogP contribution >= 0.6 is 0 Å². The number of nitrogens with zero attached hydrogens (tertiary/aromatic N) is 3. The van der Waals surface area contributed by atoms with Gasteiger partial charge in [-0.15, -0.1) is 0 Å². The second-order valence-electron chi connectivity index (χ2n) is 5.48. The molecule has 0 spiro atoms. The minimum absolute atomic E-state index is 0.806. The first-order valence-corrected chi connectivity index (χ1v) is 7.72. The van der Waals surface area contributed by atoms with E-state index in [4.69, 9.17) is 4.74 Å². The predicted molar refractivity (Wildman–Crippen MR) is 88.5 cm³/mol. The molecule has 0 amide bonds. The molecular weight excluding hydrogens is 276 g/mol. The van der Waals surface area contributed by atoms with Crippen molar-refractivity contribution in [1.29, 1.82) is 0 Å². The molecule has 1 fully saturated rings. The minimum atomic E-state index is 0.806. The van der Waals surface area contributed by atoms with Gasteiger partial charge in [-0.25, -0.2) is 9.97 Å². The molecular formula is C17H22N4O. The summed E-state index contributed by atoms with van der Waals surface area (Å²) in [5.41, 5.74) is 2.04. The van der Waals surface area contributed by atoms with Crippen LogP contribution < -0.4 is 15.0 Å². The zero-order chi connectivity index (χ0) is 15.4. The fourth-order valence-corrected chi connectivity index (χ4v) is 2.70. The van der Waals surface area contributed by atoms with Gasteiger partial charge in [-0.1, -0.05) is 0 Å². The van der Waals surface area contributed by atoms with E-state index in [0.717, 1.165) is 61.2 Å². The topological polar surface area (TPSA) is 50.3 Å². The van der Waals surface area contributed by atoms with Crippen molar-refractivity contribution in [2.24, 2.45) is 0 Å². The number of methoxy groups -OCH3 is 1. The SMILES string of the molecule is COc1ccc(-c2cc(N3CCCNCC3)nc(C)n2)cc1. The van der Waals surface area contributed by atoms with Crippen molar-refractivity contribution in [2.45, 2.75) is 13.3 Å². The highest BCUT2D eigenvalue weighted by molar-refractivity contribution is 5.63. The fourth-order valence-electron chi connectivity index (χ4n) is 2.70. The standard InChI is InChI=1S/C17H22N4O/c1-13-19-16(14-4-6-15(22-2)7-5-14)12-17(20-13)21-10-3-8-18-9-11-21/h4-7,12,18H,3,8-11H2,1-2H3. The summed E-state index contributed by atoms with van der Waals surface area (Å²) in [4.78, 5) is 11.5. The van der Waals surface area contributed by atoms with Gasteiger partial charge in [-0.05, 0) is 44.2 Å². The van der Waals surface area contributed by atoms with E-state index in [2.05, 4.69) is 26.3 Å². The molecule has 0 bridgehead atoms. The molecule has 0 atom stereocenters. The zero-order valence-corrected chi connectivity index (χ0v) is 13.2. The maximum Gasteiger partial charge on any atom is 0.132 e. The number of hydrogen-bond donors (Lipinski definition) is 1. The van der Waals surface area contributed by atoms with Crippen LogP contribution in [-0.4, -0.2) is 43.3 Å². The van der Waals surface area contributed by atoms with Crippen molar-refractivity contribution in [3.05, 3.63) is 36.2 Å². The largest absolute Gasteiger partial charge is 0.497 e. The lowest BCUT2D eigenvalue weighted by atomic mass is 10.1. The Morgan fingerprint density at radius 2 is 1.91 bits per heavy atom. The van der Waals surface area contributed by atoms with E-state index in [1.54, 1.807) is 7.11 Å². The van der Waals surface area contributed by atoms with Gasteiger partial charge in [-0.2, -0.15) is 0 Å². The molecule has 1 N–H and O–H groups in total. The number of hydrogen-bond acceptors (Lipinski definition) is 5. The molecule has 116 valence electrons. The van der Waals surface area contributed by atoms with Gasteiger partial charge in [0.2, 0.25) is 0 Å². The lowest BCUT2D eigenvalue weighted by Gasteiger charge is -2.21. The van der Waals surface area contributed by atoms with Crippen molar-refractivity contribution in [1.82, 2.24) is 15.3 Å². The van der Waals surface area contributed by atoms with Crippen LogP contribution in [0.25, 0.3) is 11.3 Å². The number of rotatable bonds is 3. The first-order chi connectivity index (χ1) is 10.8. The van der Waals surface area contributed by atoms with Gasteiger partial charge in [0, 0.05) is 31.3 Å². The van der Waals surface area contributed by atoms with Crippen molar-refractivity contribution in [3.8, 4) is 17.0 Å². The Kier molecular flexibility index (Phi) is 4.53. The summed E-state index contributed by atoms with van der Waals surface area (Å²) in [7, 11) is 1.68.